The maximum atomic E-state index is 12.9. The first-order valence-electron chi connectivity index (χ1n) is 5.16. The van der Waals surface area contributed by atoms with Gasteiger partial charge in [0.25, 0.3) is 5.92 Å². The van der Waals surface area contributed by atoms with Crippen molar-refractivity contribution < 1.29 is 23.5 Å². The number of hydrogen-bond acceptors (Lipinski definition) is 2. The van der Waals surface area contributed by atoms with Crippen molar-refractivity contribution in [1.29, 1.82) is 0 Å². The maximum absolute atomic E-state index is 12.9. The number of halogens is 2. The average Bonchev–Trinajstić information content (AvgIpc) is 2.66. The van der Waals surface area contributed by atoms with Gasteiger partial charge in [-0.2, -0.15) is 0 Å². The maximum Gasteiger partial charge on any atom is 0.326 e. The predicted molar refractivity (Wildman–Crippen MR) is 52.1 cm³/mol. The molecule has 2 unspecified atom stereocenters. The van der Waals surface area contributed by atoms with Gasteiger partial charge in [0.2, 0.25) is 5.91 Å². The molecule has 0 aliphatic heterocycles. The van der Waals surface area contributed by atoms with Crippen LogP contribution >= 0.6 is 0 Å². The summed E-state index contributed by atoms with van der Waals surface area (Å²) in [5, 5.41) is 10.9. The summed E-state index contributed by atoms with van der Waals surface area (Å²) in [6.45, 7) is 2.91. The van der Waals surface area contributed by atoms with Crippen LogP contribution in [-0.2, 0) is 9.59 Å². The minimum Gasteiger partial charge on any atom is -0.480 e. The van der Waals surface area contributed by atoms with E-state index in [0.717, 1.165) is 6.92 Å². The molecule has 2 N–H and O–H groups in total. The summed E-state index contributed by atoms with van der Waals surface area (Å²) in [5.74, 6) is -5.08. The zero-order valence-electron chi connectivity index (χ0n) is 9.22. The van der Waals surface area contributed by atoms with Crippen LogP contribution in [0.5, 0.6) is 0 Å². The zero-order valence-corrected chi connectivity index (χ0v) is 9.22. The smallest absolute Gasteiger partial charge is 0.326 e. The van der Waals surface area contributed by atoms with Crippen LogP contribution in [-0.4, -0.2) is 28.9 Å². The minimum atomic E-state index is -3.01. The van der Waals surface area contributed by atoms with E-state index in [2.05, 4.69) is 5.32 Å². The molecule has 0 aromatic rings. The normalized spacial score (nSPS) is 28.2. The molecule has 0 radical (unpaired) electrons. The molecule has 2 atom stereocenters. The molecule has 1 saturated carbocycles. The van der Waals surface area contributed by atoms with Crippen LogP contribution in [0.15, 0.2) is 0 Å². The highest BCUT2D eigenvalue weighted by Gasteiger charge is 2.72. The van der Waals surface area contributed by atoms with Gasteiger partial charge in [-0.1, -0.05) is 13.3 Å². The summed E-state index contributed by atoms with van der Waals surface area (Å²) in [4.78, 5) is 22.2. The molecule has 0 saturated heterocycles. The van der Waals surface area contributed by atoms with Gasteiger partial charge in [-0.3, -0.25) is 4.79 Å². The molecular formula is C10H15F2NO3. The number of carboxylic acid groups (broad SMARTS) is 1. The molecule has 92 valence electrons. The van der Waals surface area contributed by atoms with Crippen LogP contribution < -0.4 is 5.32 Å². The largest absolute Gasteiger partial charge is 0.480 e. The Morgan fingerprint density at radius 1 is 1.50 bits per heavy atom. The zero-order chi connectivity index (χ0) is 12.6. The molecule has 1 aliphatic rings. The lowest BCUT2D eigenvalue weighted by Crippen LogP contribution is -2.44. The summed E-state index contributed by atoms with van der Waals surface area (Å²) in [6, 6.07) is -1.08. The molecule has 1 aliphatic carbocycles. The summed E-state index contributed by atoms with van der Waals surface area (Å²) >= 11 is 0. The van der Waals surface area contributed by atoms with Crippen LogP contribution in [0, 0.1) is 5.41 Å². The second kappa shape index (κ2) is 3.99. The molecule has 0 spiro atoms. The Morgan fingerprint density at radius 3 is 2.31 bits per heavy atom. The number of carbonyl (C=O) groups is 2. The van der Waals surface area contributed by atoms with Gasteiger partial charge in [0.05, 0.1) is 0 Å². The van der Waals surface area contributed by atoms with Gasteiger partial charge < -0.3 is 10.4 Å². The van der Waals surface area contributed by atoms with Gasteiger partial charge >= 0.3 is 5.97 Å². The average molecular weight is 235 g/mol. The molecule has 0 heterocycles. The van der Waals surface area contributed by atoms with E-state index in [9.17, 15) is 18.4 Å². The molecule has 16 heavy (non-hydrogen) atoms. The van der Waals surface area contributed by atoms with Crippen LogP contribution in [0.4, 0.5) is 8.78 Å². The Hall–Kier alpha value is -1.20. The SMILES string of the molecule is CCCC(NC(=O)C1(C)CC1(F)F)C(=O)O. The Morgan fingerprint density at radius 2 is 2.00 bits per heavy atom. The third-order valence-electron chi connectivity index (χ3n) is 2.94. The first-order valence-corrected chi connectivity index (χ1v) is 5.16. The van der Waals surface area contributed by atoms with Crippen LogP contribution in [0.25, 0.3) is 0 Å². The molecule has 1 amide bonds. The third-order valence-corrected chi connectivity index (χ3v) is 2.94. The van der Waals surface area contributed by atoms with Crippen molar-refractivity contribution in [3.8, 4) is 0 Å². The van der Waals surface area contributed by atoms with Crippen LogP contribution in [0.1, 0.15) is 33.1 Å². The van der Waals surface area contributed by atoms with Crippen molar-refractivity contribution in [2.24, 2.45) is 5.41 Å². The highest BCUT2D eigenvalue weighted by atomic mass is 19.3. The van der Waals surface area contributed by atoms with E-state index >= 15 is 0 Å². The van der Waals surface area contributed by atoms with Gasteiger partial charge in [-0.25, -0.2) is 13.6 Å². The Balaban J connectivity index is 2.60. The molecule has 6 heteroatoms. The standard InChI is InChI=1S/C10H15F2NO3/c1-3-4-6(7(14)15)13-8(16)9(2)5-10(9,11)12/h6H,3-5H2,1-2H3,(H,13,16)(H,14,15). The fourth-order valence-electron chi connectivity index (χ4n) is 1.51. The quantitative estimate of drug-likeness (QED) is 0.757. The second-order valence-electron chi connectivity index (χ2n) is 4.37. The van der Waals surface area contributed by atoms with E-state index in [0.29, 0.717) is 6.42 Å². The topological polar surface area (TPSA) is 66.4 Å². The lowest BCUT2D eigenvalue weighted by molar-refractivity contribution is -0.143. The first-order chi connectivity index (χ1) is 7.24. The van der Waals surface area contributed by atoms with E-state index in [4.69, 9.17) is 5.11 Å². The van der Waals surface area contributed by atoms with E-state index in [1.807, 2.05) is 0 Å². The number of carbonyl (C=O) groups excluding carboxylic acids is 1. The number of nitrogens with one attached hydrogen (secondary N) is 1. The monoisotopic (exact) mass is 235 g/mol. The fourth-order valence-corrected chi connectivity index (χ4v) is 1.51. The van der Waals surface area contributed by atoms with Crippen molar-refractivity contribution in [3.05, 3.63) is 0 Å². The van der Waals surface area contributed by atoms with E-state index in [1.54, 1.807) is 6.92 Å². The molecule has 0 aromatic heterocycles. The van der Waals surface area contributed by atoms with Crippen molar-refractivity contribution in [2.75, 3.05) is 0 Å². The Labute approximate surface area is 92.0 Å². The molecule has 0 aromatic carbocycles. The van der Waals surface area contributed by atoms with Crippen LogP contribution in [0.2, 0.25) is 0 Å². The minimum absolute atomic E-state index is 0.239. The van der Waals surface area contributed by atoms with Gasteiger partial charge in [0.1, 0.15) is 11.5 Å². The lowest BCUT2D eigenvalue weighted by atomic mass is 10.1. The third kappa shape index (κ3) is 2.15. The molecule has 0 bridgehead atoms. The number of carboxylic acids is 1. The first kappa shape index (κ1) is 12.9. The van der Waals surface area contributed by atoms with E-state index in [1.165, 1.54) is 0 Å². The van der Waals surface area contributed by atoms with Crippen molar-refractivity contribution in [2.45, 2.75) is 45.1 Å². The summed E-state index contributed by atoms with van der Waals surface area (Å²) < 4.78 is 25.7. The molecule has 1 fully saturated rings. The predicted octanol–water partition coefficient (Wildman–Crippen LogP) is 1.40. The second-order valence-corrected chi connectivity index (χ2v) is 4.37. The Kier molecular flexibility index (Phi) is 3.21. The summed E-state index contributed by atoms with van der Waals surface area (Å²) in [6.07, 6.45) is 0.289. The fraction of sp³-hybridized carbons (Fsp3) is 0.800. The van der Waals surface area contributed by atoms with Gasteiger partial charge in [0.15, 0.2) is 0 Å². The van der Waals surface area contributed by atoms with Crippen molar-refractivity contribution >= 4 is 11.9 Å². The molecular weight excluding hydrogens is 220 g/mol. The van der Waals surface area contributed by atoms with Crippen molar-refractivity contribution in [3.63, 3.8) is 0 Å². The summed E-state index contributed by atoms with van der Waals surface area (Å²) in [7, 11) is 0. The van der Waals surface area contributed by atoms with Gasteiger partial charge in [0, 0.05) is 6.42 Å². The van der Waals surface area contributed by atoms with E-state index in [-0.39, 0.29) is 6.42 Å². The molecule has 4 nitrogen and oxygen atoms in total. The number of amides is 1. The highest BCUT2D eigenvalue weighted by molar-refractivity contribution is 5.90. The number of alkyl halides is 2. The highest BCUT2D eigenvalue weighted by Crippen LogP contribution is 2.60. The lowest BCUT2D eigenvalue weighted by Gasteiger charge is -2.16. The number of aliphatic carboxylic acids is 1. The number of hydrogen-bond donors (Lipinski definition) is 2. The van der Waals surface area contributed by atoms with Crippen LogP contribution in [0.3, 0.4) is 0 Å². The van der Waals surface area contributed by atoms with E-state index < -0.39 is 35.7 Å². The summed E-state index contributed by atoms with van der Waals surface area (Å²) in [5.41, 5.74) is -1.73. The van der Waals surface area contributed by atoms with Gasteiger partial charge in [-0.15, -0.1) is 0 Å². The van der Waals surface area contributed by atoms with Gasteiger partial charge in [-0.05, 0) is 13.3 Å². The number of rotatable bonds is 5. The molecule has 1 rings (SSSR count). The Bertz CT molecular complexity index is 319. The van der Waals surface area contributed by atoms with Crippen molar-refractivity contribution in [1.82, 2.24) is 5.32 Å².